The maximum absolute atomic E-state index is 12.2. The van der Waals surface area contributed by atoms with Crippen LogP contribution in [0.15, 0.2) is 36.4 Å². The molecule has 0 amide bonds. The Balaban J connectivity index is 2.82. The molecule has 0 fully saturated rings. The van der Waals surface area contributed by atoms with Gasteiger partial charge >= 0.3 is 6.18 Å². The van der Waals surface area contributed by atoms with Gasteiger partial charge in [-0.15, -0.1) is 0 Å². The Bertz CT molecular complexity index is 444. The lowest BCUT2D eigenvalue weighted by Gasteiger charge is -2.05. The van der Waals surface area contributed by atoms with Crippen LogP contribution in [0.4, 0.5) is 13.2 Å². The van der Waals surface area contributed by atoms with E-state index in [4.69, 9.17) is 0 Å². The molecule has 0 aliphatic rings. The first-order chi connectivity index (χ1) is 7.54. The van der Waals surface area contributed by atoms with Crippen LogP contribution in [0.5, 0.6) is 0 Å². The molecule has 0 unspecified atom stereocenters. The molecule has 1 rings (SSSR count). The third-order valence-corrected chi connectivity index (χ3v) is 1.69. The van der Waals surface area contributed by atoms with Crippen LogP contribution in [-0.2, 0) is 11.0 Å². The first-order valence-corrected chi connectivity index (χ1v) is 4.33. The summed E-state index contributed by atoms with van der Waals surface area (Å²) in [5, 5.41) is 0. The molecular formula is C12H7F3O. The normalized spacial score (nSPS) is 10.9. The first-order valence-electron chi connectivity index (χ1n) is 4.33. The Hall–Kier alpha value is -2.02. The number of allylic oxidation sites excluding steroid dienone is 2. The number of carbonyl (C=O) groups is 1. The van der Waals surface area contributed by atoms with Gasteiger partial charge in [-0.05, 0) is 36.4 Å². The van der Waals surface area contributed by atoms with Crippen molar-refractivity contribution < 1.29 is 18.0 Å². The number of halogens is 3. The summed E-state index contributed by atoms with van der Waals surface area (Å²) in [5.41, 5.74) is -0.245. The summed E-state index contributed by atoms with van der Waals surface area (Å²) in [6.07, 6.45) is -1.23. The van der Waals surface area contributed by atoms with Crippen molar-refractivity contribution in [3.05, 3.63) is 47.5 Å². The van der Waals surface area contributed by atoms with E-state index in [2.05, 4.69) is 11.8 Å². The molecule has 0 saturated heterocycles. The Labute approximate surface area is 90.6 Å². The highest BCUT2D eigenvalue weighted by Gasteiger charge is 2.29. The van der Waals surface area contributed by atoms with Gasteiger partial charge in [-0.25, -0.2) is 0 Å². The predicted octanol–water partition coefficient (Wildman–Crippen LogP) is 2.81. The third-order valence-electron chi connectivity index (χ3n) is 1.69. The Morgan fingerprint density at radius 1 is 1.12 bits per heavy atom. The lowest BCUT2D eigenvalue weighted by atomic mass is 10.1. The van der Waals surface area contributed by atoms with Crippen LogP contribution in [0.25, 0.3) is 0 Å². The lowest BCUT2D eigenvalue weighted by molar-refractivity contribution is -0.137. The highest BCUT2D eigenvalue weighted by molar-refractivity contribution is 5.65. The van der Waals surface area contributed by atoms with E-state index in [1.165, 1.54) is 24.3 Å². The molecule has 4 heteroatoms. The van der Waals surface area contributed by atoms with Gasteiger partial charge in [0.25, 0.3) is 0 Å². The van der Waals surface area contributed by atoms with Crippen LogP contribution >= 0.6 is 0 Å². The zero-order chi connectivity index (χ0) is 12.0. The SMILES string of the molecule is O=CC=CC#Cc1ccc(C(F)(F)F)cc1. The molecule has 16 heavy (non-hydrogen) atoms. The molecule has 0 aromatic heterocycles. The van der Waals surface area contributed by atoms with Crippen LogP contribution in [0.1, 0.15) is 11.1 Å². The topological polar surface area (TPSA) is 17.1 Å². The van der Waals surface area contributed by atoms with E-state index in [9.17, 15) is 18.0 Å². The second-order valence-corrected chi connectivity index (χ2v) is 2.84. The van der Waals surface area contributed by atoms with Gasteiger partial charge in [0.2, 0.25) is 0 Å². The summed E-state index contributed by atoms with van der Waals surface area (Å²) in [6, 6.07) is 4.50. The molecule has 0 N–H and O–H groups in total. The second kappa shape index (κ2) is 5.17. The van der Waals surface area contributed by atoms with E-state index >= 15 is 0 Å². The summed E-state index contributed by atoms with van der Waals surface area (Å²) < 4.78 is 36.6. The highest BCUT2D eigenvalue weighted by atomic mass is 19.4. The van der Waals surface area contributed by atoms with E-state index in [-0.39, 0.29) is 0 Å². The van der Waals surface area contributed by atoms with Crippen molar-refractivity contribution in [3.63, 3.8) is 0 Å². The number of aldehydes is 1. The van der Waals surface area contributed by atoms with Gasteiger partial charge in [0.1, 0.15) is 6.29 Å². The lowest BCUT2D eigenvalue weighted by Crippen LogP contribution is -2.03. The number of carbonyl (C=O) groups excluding carboxylic acids is 1. The average molecular weight is 224 g/mol. The molecule has 1 aromatic rings. The predicted molar refractivity (Wildman–Crippen MR) is 53.5 cm³/mol. The Morgan fingerprint density at radius 2 is 1.75 bits per heavy atom. The van der Waals surface area contributed by atoms with E-state index in [0.29, 0.717) is 11.8 Å². The molecule has 0 saturated carbocycles. The largest absolute Gasteiger partial charge is 0.416 e. The zero-order valence-corrected chi connectivity index (χ0v) is 8.08. The van der Waals surface area contributed by atoms with Crippen molar-refractivity contribution in [2.75, 3.05) is 0 Å². The quantitative estimate of drug-likeness (QED) is 0.407. The van der Waals surface area contributed by atoms with E-state index < -0.39 is 11.7 Å². The molecule has 0 atom stereocenters. The molecule has 1 nitrogen and oxygen atoms in total. The number of benzene rings is 1. The molecule has 1 aromatic carbocycles. The molecule has 0 heterocycles. The zero-order valence-electron chi connectivity index (χ0n) is 8.08. The average Bonchev–Trinajstić information content (AvgIpc) is 2.24. The Morgan fingerprint density at radius 3 is 2.25 bits per heavy atom. The van der Waals surface area contributed by atoms with Crippen molar-refractivity contribution in [1.29, 1.82) is 0 Å². The number of hydrogen-bond acceptors (Lipinski definition) is 1. The first kappa shape index (κ1) is 12.1. The summed E-state index contributed by atoms with van der Waals surface area (Å²) in [4.78, 5) is 9.89. The molecule has 0 bridgehead atoms. The summed E-state index contributed by atoms with van der Waals surface area (Å²) in [7, 11) is 0. The van der Waals surface area contributed by atoms with Crippen molar-refractivity contribution in [3.8, 4) is 11.8 Å². The van der Waals surface area contributed by atoms with Crippen LogP contribution < -0.4 is 0 Å². The Kier molecular flexibility index (Phi) is 3.90. The van der Waals surface area contributed by atoms with Crippen molar-refractivity contribution >= 4 is 6.29 Å². The molecule has 0 aliphatic carbocycles. The fourth-order valence-corrected chi connectivity index (χ4v) is 0.955. The molecule has 0 spiro atoms. The smallest absolute Gasteiger partial charge is 0.299 e. The summed E-state index contributed by atoms with van der Waals surface area (Å²) in [6.45, 7) is 0. The van der Waals surface area contributed by atoms with Crippen molar-refractivity contribution in [2.45, 2.75) is 6.18 Å². The van der Waals surface area contributed by atoms with Crippen LogP contribution in [0.3, 0.4) is 0 Å². The van der Waals surface area contributed by atoms with Gasteiger partial charge in [0.05, 0.1) is 5.56 Å². The second-order valence-electron chi connectivity index (χ2n) is 2.84. The maximum atomic E-state index is 12.2. The molecule has 82 valence electrons. The number of hydrogen-bond donors (Lipinski definition) is 0. The fraction of sp³-hybridized carbons (Fsp3) is 0.0833. The monoisotopic (exact) mass is 224 g/mol. The van der Waals surface area contributed by atoms with Crippen molar-refractivity contribution in [2.24, 2.45) is 0 Å². The van der Waals surface area contributed by atoms with Gasteiger partial charge in [0.15, 0.2) is 0 Å². The van der Waals surface area contributed by atoms with Crippen LogP contribution in [0.2, 0.25) is 0 Å². The van der Waals surface area contributed by atoms with Crippen molar-refractivity contribution in [1.82, 2.24) is 0 Å². The molecule has 0 aliphatic heterocycles. The standard InChI is InChI=1S/C12H7F3O/c13-12(14,15)11-7-5-10(6-8-11)4-2-1-3-9-16/h1,3,5-9H. The van der Waals surface area contributed by atoms with Crippen LogP contribution in [0, 0.1) is 11.8 Å². The van der Waals surface area contributed by atoms with Gasteiger partial charge in [0, 0.05) is 5.56 Å². The molecular weight excluding hydrogens is 217 g/mol. The number of rotatable bonds is 1. The summed E-state index contributed by atoms with van der Waals surface area (Å²) in [5.74, 6) is 5.11. The molecule has 0 radical (unpaired) electrons. The van der Waals surface area contributed by atoms with Crippen LogP contribution in [-0.4, -0.2) is 6.29 Å². The van der Waals surface area contributed by atoms with Gasteiger partial charge in [-0.1, -0.05) is 11.8 Å². The number of alkyl halides is 3. The maximum Gasteiger partial charge on any atom is 0.416 e. The minimum absolute atomic E-state index is 0.462. The van der Waals surface area contributed by atoms with E-state index in [1.807, 2.05) is 0 Å². The third kappa shape index (κ3) is 3.62. The van der Waals surface area contributed by atoms with Gasteiger partial charge in [-0.3, -0.25) is 4.79 Å². The van der Waals surface area contributed by atoms with Gasteiger partial charge < -0.3 is 0 Å². The van der Waals surface area contributed by atoms with Gasteiger partial charge in [-0.2, -0.15) is 13.2 Å². The minimum Gasteiger partial charge on any atom is -0.299 e. The highest BCUT2D eigenvalue weighted by Crippen LogP contribution is 2.28. The summed E-state index contributed by atoms with van der Waals surface area (Å²) >= 11 is 0. The minimum atomic E-state index is -4.33. The van der Waals surface area contributed by atoms with E-state index in [1.54, 1.807) is 0 Å². The van der Waals surface area contributed by atoms with E-state index in [0.717, 1.165) is 12.1 Å². The fourth-order valence-electron chi connectivity index (χ4n) is 0.955.